The topological polar surface area (TPSA) is 56.8 Å². The molecule has 0 saturated heterocycles. The molecular formula is C19H23NO4. The van der Waals surface area contributed by atoms with Crippen molar-refractivity contribution in [2.45, 2.75) is 13.8 Å². The molecule has 0 saturated carbocycles. The lowest BCUT2D eigenvalue weighted by molar-refractivity contribution is -0.118. The van der Waals surface area contributed by atoms with E-state index < -0.39 is 0 Å². The van der Waals surface area contributed by atoms with Gasteiger partial charge in [-0.2, -0.15) is 0 Å². The van der Waals surface area contributed by atoms with E-state index in [4.69, 9.17) is 14.2 Å². The molecule has 2 aromatic carbocycles. The van der Waals surface area contributed by atoms with Crippen LogP contribution in [-0.2, 0) is 9.53 Å². The van der Waals surface area contributed by atoms with E-state index in [1.165, 1.54) is 0 Å². The van der Waals surface area contributed by atoms with E-state index in [2.05, 4.69) is 5.32 Å². The van der Waals surface area contributed by atoms with Gasteiger partial charge in [-0.1, -0.05) is 23.8 Å². The highest BCUT2D eigenvalue weighted by atomic mass is 16.5. The standard InChI is InChI=1S/C19H23NO4/c1-3-22-11-12-23-18-6-4-5-16(13-18)20-19(21)14-24-17-9-7-15(2)8-10-17/h4-10,13H,3,11-12,14H2,1-2H3,(H,20,21). The maximum atomic E-state index is 12.0. The summed E-state index contributed by atoms with van der Waals surface area (Å²) in [5.41, 5.74) is 1.81. The highest BCUT2D eigenvalue weighted by molar-refractivity contribution is 5.92. The summed E-state index contributed by atoms with van der Waals surface area (Å²) in [5, 5.41) is 2.79. The number of nitrogens with one attached hydrogen (secondary N) is 1. The van der Waals surface area contributed by atoms with E-state index in [0.29, 0.717) is 37.0 Å². The number of carbonyl (C=O) groups is 1. The molecule has 0 aliphatic rings. The van der Waals surface area contributed by atoms with Gasteiger partial charge in [0.15, 0.2) is 6.61 Å². The number of hydrogen-bond acceptors (Lipinski definition) is 4. The van der Waals surface area contributed by atoms with E-state index in [-0.39, 0.29) is 12.5 Å². The normalized spacial score (nSPS) is 10.2. The molecule has 0 unspecified atom stereocenters. The van der Waals surface area contributed by atoms with Gasteiger partial charge in [0.25, 0.3) is 5.91 Å². The average Bonchev–Trinajstić information content (AvgIpc) is 2.59. The van der Waals surface area contributed by atoms with Crippen LogP contribution in [0.1, 0.15) is 12.5 Å². The van der Waals surface area contributed by atoms with Gasteiger partial charge >= 0.3 is 0 Å². The first-order valence-corrected chi connectivity index (χ1v) is 7.97. The highest BCUT2D eigenvalue weighted by Gasteiger charge is 2.05. The number of carbonyl (C=O) groups excluding carboxylic acids is 1. The van der Waals surface area contributed by atoms with Crippen LogP contribution in [0.4, 0.5) is 5.69 Å². The summed E-state index contributed by atoms with van der Waals surface area (Å²) < 4.78 is 16.2. The molecule has 128 valence electrons. The maximum Gasteiger partial charge on any atom is 0.262 e. The Kier molecular flexibility index (Phi) is 7.11. The lowest BCUT2D eigenvalue weighted by Gasteiger charge is -2.10. The number of hydrogen-bond donors (Lipinski definition) is 1. The fourth-order valence-corrected chi connectivity index (χ4v) is 2.01. The van der Waals surface area contributed by atoms with Gasteiger partial charge in [-0.25, -0.2) is 0 Å². The van der Waals surface area contributed by atoms with E-state index in [1.807, 2.05) is 50.2 Å². The molecule has 0 aliphatic carbocycles. The van der Waals surface area contributed by atoms with E-state index in [0.717, 1.165) is 5.56 Å². The molecule has 0 radical (unpaired) electrons. The van der Waals surface area contributed by atoms with Crippen molar-refractivity contribution in [1.82, 2.24) is 0 Å². The smallest absolute Gasteiger partial charge is 0.262 e. The zero-order valence-electron chi connectivity index (χ0n) is 14.1. The minimum absolute atomic E-state index is 0.0432. The van der Waals surface area contributed by atoms with Crippen molar-refractivity contribution in [3.05, 3.63) is 54.1 Å². The number of aryl methyl sites for hydroxylation is 1. The molecule has 5 nitrogen and oxygen atoms in total. The summed E-state index contributed by atoms with van der Waals surface area (Å²) in [6.07, 6.45) is 0. The van der Waals surface area contributed by atoms with Crippen LogP contribution in [-0.4, -0.2) is 32.3 Å². The Labute approximate surface area is 142 Å². The molecule has 0 bridgehead atoms. The molecule has 2 aromatic rings. The first-order valence-electron chi connectivity index (χ1n) is 7.97. The predicted molar refractivity (Wildman–Crippen MR) is 93.7 cm³/mol. The molecule has 0 heterocycles. The molecule has 1 N–H and O–H groups in total. The number of ether oxygens (including phenoxy) is 3. The van der Waals surface area contributed by atoms with Crippen LogP contribution < -0.4 is 14.8 Å². The summed E-state index contributed by atoms with van der Waals surface area (Å²) in [7, 11) is 0. The van der Waals surface area contributed by atoms with Crippen LogP contribution in [0.5, 0.6) is 11.5 Å². The third-order valence-corrected chi connectivity index (χ3v) is 3.21. The number of benzene rings is 2. The van der Waals surface area contributed by atoms with E-state index >= 15 is 0 Å². The molecule has 1 amide bonds. The summed E-state index contributed by atoms with van der Waals surface area (Å²) in [4.78, 5) is 12.0. The van der Waals surface area contributed by atoms with Crippen molar-refractivity contribution in [2.75, 3.05) is 31.7 Å². The number of amides is 1. The second kappa shape index (κ2) is 9.57. The average molecular weight is 329 g/mol. The SMILES string of the molecule is CCOCCOc1cccc(NC(=O)COc2ccc(C)cc2)c1. The van der Waals surface area contributed by atoms with Crippen molar-refractivity contribution in [2.24, 2.45) is 0 Å². The third-order valence-electron chi connectivity index (χ3n) is 3.21. The van der Waals surface area contributed by atoms with Crippen molar-refractivity contribution in [3.63, 3.8) is 0 Å². The van der Waals surface area contributed by atoms with Gasteiger partial charge in [-0.3, -0.25) is 4.79 Å². The van der Waals surface area contributed by atoms with Crippen molar-refractivity contribution < 1.29 is 19.0 Å². The summed E-state index contributed by atoms with van der Waals surface area (Å²) in [5.74, 6) is 1.14. The van der Waals surface area contributed by atoms with E-state index in [9.17, 15) is 4.79 Å². The Bertz CT molecular complexity index is 640. The molecule has 0 atom stereocenters. The third kappa shape index (κ3) is 6.30. The Morgan fingerprint density at radius 1 is 1.00 bits per heavy atom. The first-order chi connectivity index (χ1) is 11.7. The molecule has 0 fully saturated rings. The van der Waals surface area contributed by atoms with Gasteiger partial charge in [-0.05, 0) is 38.1 Å². The largest absolute Gasteiger partial charge is 0.491 e. The van der Waals surface area contributed by atoms with Gasteiger partial charge in [0, 0.05) is 18.4 Å². The van der Waals surface area contributed by atoms with Crippen LogP contribution in [0.15, 0.2) is 48.5 Å². The Hall–Kier alpha value is -2.53. The Morgan fingerprint density at radius 3 is 2.54 bits per heavy atom. The van der Waals surface area contributed by atoms with Crippen LogP contribution in [0.3, 0.4) is 0 Å². The fourth-order valence-electron chi connectivity index (χ4n) is 2.01. The van der Waals surface area contributed by atoms with E-state index in [1.54, 1.807) is 12.1 Å². The van der Waals surface area contributed by atoms with Crippen molar-refractivity contribution >= 4 is 11.6 Å². The van der Waals surface area contributed by atoms with Crippen LogP contribution in [0.2, 0.25) is 0 Å². The van der Waals surface area contributed by atoms with Gasteiger partial charge in [0.2, 0.25) is 0 Å². The van der Waals surface area contributed by atoms with Gasteiger partial charge in [0.1, 0.15) is 18.1 Å². The maximum absolute atomic E-state index is 12.0. The molecule has 2 rings (SSSR count). The molecule has 5 heteroatoms. The zero-order valence-corrected chi connectivity index (χ0v) is 14.1. The molecule has 0 aliphatic heterocycles. The van der Waals surface area contributed by atoms with Gasteiger partial charge < -0.3 is 19.5 Å². The van der Waals surface area contributed by atoms with Crippen LogP contribution >= 0.6 is 0 Å². The van der Waals surface area contributed by atoms with Crippen molar-refractivity contribution in [1.29, 1.82) is 0 Å². The monoisotopic (exact) mass is 329 g/mol. The Morgan fingerprint density at radius 2 is 1.79 bits per heavy atom. The molecule has 24 heavy (non-hydrogen) atoms. The predicted octanol–water partition coefficient (Wildman–Crippen LogP) is 3.43. The second-order valence-corrected chi connectivity index (χ2v) is 5.22. The van der Waals surface area contributed by atoms with Crippen molar-refractivity contribution in [3.8, 4) is 11.5 Å². The quantitative estimate of drug-likeness (QED) is 0.716. The lowest BCUT2D eigenvalue weighted by atomic mass is 10.2. The summed E-state index contributed by atoms with van der Waals surface area (Å²) >= 11 is 0. The molecular weight excluding hydrogens is 306 g/mol. The van der Waals surface area contributed by atoms with Crippen LogP contribution in [0, 0.1) is 6.92 Å². The minimum Gasteiger partial charge on any atom is -0.491 e. The highest BCUT2D eigenvalue weighted by Crippen LogP contribution is 2.17. The lowest BCUT2D eigenvalue weighted by Crippen LogP contribution is -2.20. The van der Waals surface area contributed by atoms with Crippen LogP contribution in [0.25, 0.3) is 0 Å². The first kappa shape index (κ1) is 17.8. The zero-order chi connectivity index (χ0) is 17.2. The van der Waals surface area contributed by atoms with Gasteiger partial charge in [0.05, 0.1) is 6.61 Å². The Balaban J connectivity index is 1.79. The second-order valence-electron chi connectivity index (χ2n) is 5.22. The summed E-state index contributed by atoms with van der Waals surface area (Å²) in [6, 6.07) is 14.8. The number of rotatable bonds is 9. The van der Waals surface area contributed by atoms with Gasteiger partial charge in [-0.15, -0.1) is 0 Å². The molecule has 0 spiro atoms. The summed E-state index contributed by atoms with van der Waals surface area (Å²) in [6.45, 7) is 5.58. The molecule has 0 aromatic heterocycles. The fraction of sp³-hybridized carbons (Fsp3) is 0.316. The minimum atomic E-state index is -0.220. The number of anilines is 1.